The van der Waals surface area contributed by atoms with Gasteiger partial charge in [0.05, 0.1) is 34.3 Å². The van der Waals surface area contributed by atoms with Gasteiger partial charge < -0.3 is 14.6 Å². The highest BCUT2D eigenvalue weighted by atomic mass is 35.5. The van der Waals surface area contributed by atoms with Crippen molar-refractivity contribution in [2.45, 2.75) is 23.9 Å². The number of ether oxygens (including phenoxy) is 1. The average Bonchev–Trinajstić information content (AvgIpc) is 3.06. The summed E-state index contributed by atoms with van der Waals surface area (Å²) in [5, 5.41) is 3.67. The summed E-state index contributed by atoms with van der Waals surface area (Å²) in [5.41, 5.74) is 3.04. The van der Waals surface area contributed by atoms with E-state index in [4.69, 9.17) is 16.3 Å². The minimum absolute atomic E-state index is 0.00353. The fourth-order valence-corrected chi connectivity index (χ4v) is 4.61. The van der Waals surface area contributed by atoms with Crippen LogP contribution < -0.4 is 10.2 Å². The first-order chi connectivity index (χ1) is 14.5. The summed E-state index contributed by atoms with van der Waals surface area (Å²) in [5.74, 6) is -0.355. The van der Waals surface area contributed by atoms with Crippen LogP contribution >= 0.6 is 23.4 Å². The second-order valence-electron chi connectivity index (χ2n) is 6.92. The fourth-order valence-electron chi connectivity index (χ4n) is 3.43. The quantitative estimate of drug-likeness (QED) is 0.585. The number of methoxy groups -OCH3 is 1. The molecule has 3 aromatic rings. The minimum atomic E-state index is -0.447. The molecular formula is C21H21ClN4O3S. The number of hydrogen-bond donors (Lipinski definition) is 1. The number of imidazole rings is 1. The number of nitrogens with zero attached hydrogens (tertiary/aromatic N) is 3. The van der Waals surface area contributed by atoms with Gasteiger partial charge in [0.25, 0.3) is 0 Å². The van der Waals surface area contributed by atoms with Crippen molar-refractivity contribution < 1.29 is 14.3 Å². The van der Waals surface area contributed by atoms with Gasteiger partial charge in [-0.15, -0.1) is 0 Å². The lowest BCUT2D eigenvalue weighted by atomic mass is 10.2. The summed E-state index contributed by atoms with van der Waals surface area (Å²) >= 11 is 7.48. The third-order valence-electron chi connectivity index (χ3n) is 4.86. The number of carbonyl (C=O) groups is 2. The molecule has 0 bridgehead atoms. The lowest BCUT2D eigenvalue weighted by Crippen LogP contribution is -2.45. The zero-order valence-electron chi connectivity index (χ0n) is 16.6. The summed E-state index contributed by atoms with van der Waals surface area (Å²) in [6.07, 6.45) is 0. The third kappa shape index (κ3) is 4.03. The number of aromatic nitrogens is 2. The Balaban J connectivity index is 1.62. The molecule has 30 heavy (non-hydrogen) atoms. The Hall–Kier alpha value is -2.55. The molecule has 7 nitrogen and oxygen atoms in total. The van der Waals surface area contributed by atoms with Gasteiger partial charge in [-0.3, -0.25) is 14.5 Å². The maximum Gasteiger partial charge on any atom is 0.244 e. The van der Waals surface area contributed by atoms with E-state index in [0.29, 0.717) is 34.7 Å². The monoisotopic (exact) mass is 444 g/mol. The molecule has 0 aliphatic carbocycles. The number of rotatable bonds is 6. The van der Waals surface area contributed by atoms with Crippen molar-refractivity contribution in [2.75, 3.05) is 30.5 Å². The lowest BCUT2D eigenvalue weighted by Gasteiger charge is -2.30. The topological polar surface area (TPSA) is 76.5 Å². The summed E-state index contributed by atoms with van der Waals surface area (Å²) in [7, 11) is 1.65. The van der Waals surface area contributed by atoms with Crippen molar-refractivity contribution in [1.29, 1.82) is 0 Å². The highest BCUT2D eigenvalue weighted by Crippen LogP contribution is 2.33. The number of halogens is 1. The van der Waals surface area contributed by atoms with Gasteiger partial charge >= 0.3 is 0 Å². The third-order valence-corrected chi connectivity index (χ3v) is 6.17. The normalized spacial score (nSPS) is 14.5. The van der Waals surface area contributed by atoms with Crippen molar-refractivity contribution in [3.63, 3.8) is 0 Å². The van der Waals surface area contributed by atoms with Crippen LogP contribution in [0.4, 0.5) is 11.4 Å². The SMILES string of the molecule is COCCn1c(SC(C)C(=O)N2CC(=O)Nc3ccccc32)nc2cc(Cl)ccc21. The van der Waals surface area contributed by atoms with Gasteiger partial charge in [0, 0.05) is 18.7 Å². The molecule has 1 N–H and O–H groups in total. The fraction of sp³-hybridized carbons (Fsp3) is 0.286. The largest absolute Gasteiger partial charge is 0.383 e. The summed E-state index contributed by atoms with van der Waals surface area (Å²) in [6, 6.07) is 12.8. The zero-order chi connectivity index (χ0) is 21.3. The number of carbonyl (C=O) groups excluding carboxylic acids is 2. The van der Waals surface area contributed by atoms with Crippen molar-refractivity contribution >= 4 is 57.6 Å². The Morgan fingerprint density at radius 3 is 2.93 bits per heavy atom. The van der Waals surface area contributed by atoms with Gasteiger partial charge in [0.15, 0.2) is 5.16 Å². The van der Waals surface area contributed by atoms with Crippen LogP contribution in [0.5, 0.6) is 0 Å². The molecule has 1 aliphatic heterocycles. The predicted octanol–water partition coefficient (Wildman–Crippen LogP) is 3.80. The molecule has 2 aromatic carbocycles. The minimum Gasteiger partial charge on any atom is -0.383 e. The molecule has 1 atom stereocenters. The smallest absolute Gasteiger partial charge is 0.244 e. The molecule has 0 saturated carbocycles. The molecule has 0 spiro atoms. The Labute approximate surface area is 183 Å². The summed E-state index contributed by atoms with van der Waals surface area (Å²) in [4.78, 5) is 31.6. The number of nitrogens with one attached hydrogen (secondary N) is 1. The van der Waals surface area contributed by atoms with Crippen molar-refractivity contribution in [3.8, 4) is 0 Å². The van der Waals surface area contributed by atoms with E-state index in [2.05, 4.69) is 10.3 Å². The van der Waals surface area contributed by atoms with E-state index in [-0.39, 0.29) is 18.4 Å². The van der Waals surface area contributed by atoms with Crippen LogP contribution in [0.15, 0.2) is 47.6 Å². The van der Waals surface area contributed by atoms with E-state index < -0.39 is 5.25 Å². The molecule has 4 rings (SSSR count). The molecule has 9 heteroatoms. The van der Waals surface area contributed by atoms with Crippen LogP contribution in [-0.2, 0) is 20.9 Å². The summed E-state index contributed by atoms with van der Waals surface area (Å²) in [6.45, 7) is 2.95. The first kappa shape index (κ1) is 20.7. The van der Waals surface area contributed by atoms with Crippen molar-refractivity contribution in [2.24, 2.45) is 0 Å². The highest BCUT2D eigenvalue weighted by Gasteiger charge is 2.31. The standard InChI is InChI=1S/C21H21ClN4O3S/c1-13(20(28)26-12-19(27)23-15-5-3-4-6-17(15)26)30-21-24-16-11-14(22)7-8-18(16)25(21)9-10-29-2/h3-8,11,13H,9-10,12H2,1-2H3,(H,23,27). The first-order valence-corrected chi connectivity index (χ1v) is 10.8. The number of benzene rings is 2. The Bertz CT molecular complexity index is 1120. The van der Waals surface area contributed by atoms with E-state index >= 15 is 0 Å². The first-order valence-electron chi connectivity index (χ1n) is 9.49. The Morgan fingerprint density at radius 1 is 1.33 bits per heavy atom. The molecule has 1 aliphatic rings. The molecule has 0 radical (unpaired) electrons. The molecule has 0 saturated heterocycles. The average molecular weight is 445 g/mol. The van der Waals surface area contributed by atoms with Crippen LogP contribution in [0.25, 0.3) is 11.0 Å². The lowest BCUT2D eigenvalue weighted by molar-refractivity contribution is -0.121. The van der Waals surface area contributed by atoms with Gasteiger partial charge in [0.1, 0.15) is 6.54 Å². The second-order valence-corrected chi connectivity index (χ2v) is 8.67. The van der Waals surface area contributed by atoms with E-state index in [1.165, 1.54) is 16.7 Å². The van der Waals surface area contributed by atoms with Gasteiger partial charge in [-0.25, -0.2) is 4.98 Å². The van der Waals surface area contributed by atoms with E-state index in [0.717, 1.165) is 11.0 Å². The van der Waals surface area contributed by atoms with Crippen LogP contribution in [0.1, 0.15) is 6.92 Å². The molecule has 2 amide bonds. The van der Waals surface area contributed by atoms with Crippen molar-refractivity contribution in [1.82, 2.24) is 9.55 Å². The van der Waals surface area contributed by atoms with E-state index in [1.54, 1.807) is 13.2 Å². The summed E-state index contributed by atoms with van der Waals surface area (Å²) < 4.78 is 7.27. The van der Waals surface area contributed by atoms with E-state index in [1.807, 2.05) is 47.9 Å². The van der Waals surface area contributed by atoms with Gasteiger partial charge in [-0.05, 0) is 37.3 Å². The molecule has 1 aromatic heterocycles. The number of anilines is 2. The molecule has 0 fully saturated rings. The number of thioether (sulfide) groups is 1. The molecule has 2 heterocycles. The molecule has 1 unspecified atom stereocenters. The zero-order valence-corrected chi connectivity index (χ0v) is 18.2. The van der Waals surface area contributed by atoms with Gasteiger partial charge in [0.2, 0.25) is 11.8 Å². The second kappa shape index (κ2) is 8.67. The number of fused-ring (bicyclic) bond motifs is 2. The van der Waals surface area contributed by atoms with Crippen LogP contribution in [0, 0.1) is 0 Å². The highest BCUT2D eigenvalue weighted by molar-refractivity contribution is 8.00. The Morgan fingerprint density at radius 2 is 2.13 bits per heavy atom. The number of para-hydroxylation sites is 2. The number of hydrogen-bond acceptors (Lipinski definition) is 5. The van der Waals surface area contributed by atoms with Crippen molar-refractivity contribution in [3.05, 3.63) is 47.5 Å². The van der Waals surface area contributed by atoms with E-state index in [9.17, 15) is 9.59 Å². The maximum atomic E-state index is 13.2. The van der Waals surface area contributed by atoms with Gasteiger partial charge in [-0.1, -0.05) is 35.5 Å². The van der Waals surface area contributed by atoms with Gasteiger partial charge in [-0.2, -0.15) is 0 Å². The van der Waals surface area contributed by atoms with Crippen LogP contribution in [0.3, 0.4) is 0 Å². The Kier molecular flexibility index (Phi) is 5.99. The molecule has 156 valence electrons. The number of amides is 2. The maximum absolute atomic E-state index is 13.2. The predicted molar refractivity (Wildman–Crippen MR) is 119 cm³/mol. The molecular weight excluding hydrogens is 424 g/mol. The van der Waals surface area contributed by atoms with Crippen LogP contribution in [-0.4, -0.2) is 46.9 Å². The van der Waals surface area contributed by atoms with Crippen LogP contribution in [0.2, 0.25) is 5.02 Å².